The van der Waals surface area contributed by atoms with Gasteiger partial charge in [-0.1, -0.05) is 70.9 Å². The van der Waals surface area contributed by atoms with Crippen LogP contribution in [0.1, 0.15) is 84.5 Å². The maximum atomic E-state index is 2.38. The lowest BCUT2D eigenvalue weighted by atomic mass is 10.1. The highest BCUT2D eigenvalue weighted by Crippen LogP contribution is 2.07. The second kappa shape index (κ2) is 13.7. The summed E-state index contributed by atoms with van der Waals surface area (Å²) in [6.45, 7) is 4.54. The van der Waals surface area contributed by atoms with Gasteiger partial charge < -0.3 is 0 Å². The molecule has 0 N–H and O–H groups in total. The molecule has 0 spiro atoms. The summed E-state index contributed by atoms with van der Waals surface area (Å²) in [5.74, 6) is 0. The number of unbranched alkanes of at least 4 members (excludes halogenated alkanes) is 9. The highest BCUT2D eigenvalue weighted by Gasteiger charge is 1.88. The van der Waals surface area contributed by atoms with E-state index < -0.39 is 0 Å². The van der Waals surface area contributed by atoms with Crippen LogP contribution in [0.4, 0.5) is 0 Å². The molecule has 0 amide bonds. The van der Waals surface area contributed by atoms with Gasteiger partial charge in [-0.05, 0) is 25.7 Å². The Labute approximate surface area is 97.2 Å². The molecule has 0 radical (unpaired) electrons. The number of hydrogen-bond donors (Lipinski definition) is 0. The molecular formula is C15H30. The Morgan fingerprint density at radius 3 is 1.53 bits per heavy atom. The van der Waals surface area contributed by atoms with Crippen molar-refractivity contribution >= 4 is 0 Å². The molecule has 0 rings (SSSR count). The van der Waals surface area contributed by atoms with Gasteiger partial charge in [-0.15, -0.1) is 0 Å². The lowest BCUT2D eigenvalue weighted by Gasteiger charge is -1.97. The van der Waals surface area contributed by atoms with E-state index in [0.29, 0.717) is 0 Å². The first-order valence-corrected chi connectivity index (χ1v) is 7.06. The molecule has 0 aromatic heterocycles. The third kappa shape index (κ3) is 13.7. The quantitative estimate of drug-likeness (QED) is 0.295. The minimum Gasteiger partial charge on any atom is -0.0885 e. The zero-order chi connectivity index (χ0) is 11.2. The summed E-state index contributed by atoms with van der Waals surface area (Å²) in [5.41, 5.74) is 0. The Morgan fingerprint density at radius 1 is 0.533 bits per heavy atom. The molecule has 0 aliphatic carbocycles. The SMILES string of the molecule is CCCCCC=CCCCCCCCC. The average Bonchev–Trinajstić information content (AvgIpc) is 2.26. The van der Waals surface area contributed by atoms with Gasteiger partial charge in [-0.25, -0.2) is 0 Å². The fourth-order valence-corrected chi connectivity index (χ4v) is 1.79. The number of allylic oxidation sites excluding steroid dienone is 2. The Bertz CT molecular complexity index is 124. The molecule has 0 heterocycles. The molecule has 0 aromatic rings. The van der Waals surface area contributed by atoms with Gasteiger partial charge in [0.05, 0.1) is 0 Å². The van der Waals surface area contributed by atoms with Crippen molar-refractivity contribution in [2.45, 2.75) is 84.5 Å². The van der Waals surface area contributed by atoms with Crippen LogP contribution in [-0.4, -0.2) is 0 Å². The zero-order valence-electron chi connectivity index (χ0n) is 10.9. The lowest BCUT2D eigenvalue weighted by Crippen LogP contribution is -1.77. The summed E-state index contributed by atoms with van der Waals surface area (Å²) < 4.78 is 0. The molecule has 0 aromatic carbocycles. The summed E-state index contributed by atoms with van der Waals surface area (Å²) in [7, 11) is 0. The predicted octanol–water partition coefficient (Wildman–Crippen LogP) is 5.87. The Kier molecular flexibility index (Phi) is 13.5. The maximum Gasteiger partial charge on any atom is -0.0351 e. The van der Waals surface area contributed by atoms with Crippen molar-refractivity contribution < 1.29 is 0 Å². The first-order valence-electron chi connectivity index (χ1n) is 7.06. The van der Waals surface area contributed by atoms with E-state index in [1.54, 1.807) is 0 Å². The molecule has 0 unspecified atom stereocenters. The summed E-state index contributed by atoms with van der Waals surface area (Å²) in [6, 6.07) is 0. The molecule has 0 aliphatic heterocycles. The van der Waals surface area contributed by atoms with Crippen LogP contribution in [0.3, 0.4) is 0 Å². The summed E-state index contributed by atoms with van der Waals surface area (Å²) in [6.07, 6.45) is 20.0. The first-order chi connectivity index (χ1) is 7.41. The van der Waals surface area contributed by atoms with Crippen molar-refractivity contribution in [3.63, 3.8) is 0 Å². The van der Waals surface area contributed by atoms with Crippen LogP contribution in [0, 0.1) is 0 Å². The molecule has 0 atom stereocenters. The van der Waals surface area contributed by atoms with Crippen molar-refractivity contribution in [3.05, 3.63) is 12.2 Å². The van der Waals surface area contributed by atoms with E-state index in [1.807, 2.05) is 0 Å². The second-order valence-corrected chi connectivity index (χ2v) is 4.52. The van der Waals surface area contributed by atoms with E-state index in [1.165, 1.54) is 70.6 Å². The van der Waals surface area contributed by atoms with Gasteiger partial charge in [0.25, 0.3) is 0 Å². The minimum atomic E-state index is 1.30. The Balaban J connectivity index is 2.96. The smallest absolute Gasteiger partial charge is 0.0351 e. The molecule has 0 aliphatic rings. The van der Waals surface area contributed by atoms with E-state index in [2.05, 4.69) is 26.0 Å². The Morgan fingerprint density at radius 2 is 0.933 bits per heavy atom. The van der Waals surface area contributed by atoms with Crippen molar-refractivity contribution in [1.29, 1.82) is 0 Å². The van der Waals surface area contributed by atoms with Crippen molar-refractivity contribution in [2.24, 2.45) is 0 Å². The topological polar surface area (TPSA) is 0 Å². The highest BCUT2D eigenvalue weighted by atomic mass is 13.9. The number of hydrogen-bond acceptors (Lipinski definition) is 0. The molecule has 0 nitrogen and oxygen atoms in total. The molecule has 0 bridgehead atoms. The minimum absolute atomic E-state index is 1.30. The monoisotopic (exact) mass is 210 g/mol. The molecule has 0 saturated heterocycles. The van der Waals surface area contributed by atoms with Gasteiger partial charge in [-0.3, -0.25) is 0 Å². The molecular weight excluding hydrogens is 180 g/mol. The highest BCUT2D eigenvalue weighted by molar-refractivity contribution is 4.81. The van der Waals surface area contributed by atoms with Crippen LogP contribution in [-0.2, 0) is 0 Å². The second-order valence-electron chi connectivity index (χ2n) is 4.52. The van der Waals surface area contributed by atoms with E-state index in [4.69, 9.17) is 0 Å². The normalized spacial score (nSPS) is 11.3. The third-order valence-electron chi connectivity index (χ3n) is 2.87. The fourth-order valence-electron chi connectivity index (χ4n) is 1.79. The van der Waals surface area contributed by atoms with Crippen LogP contribution >= 0.6 is 0 Å². The lowest BCUT2D eigenvalue weighted by molar-refractivity contribution is 0.611. The van der Waals surface area contributed by atoms with Gasteiger partial charge >= 0.3 is 0 Å². The summed E-state index contributed by atoms with van der Waals surface area (Å²) in [4.78, 5) is 0. The van der Waals surface area contributed by atoms with Crippen LogP contribution < -0.4 is 0 Å². The molecule has 0 fully saturated rings. The van der Waals surface area contributed by atoms with Crippen molar-refractivity contribution in [1.82, 2.24) is 0 Å². The van der Waals surface area contributed by atoms with Crippen LogP contribution in [0.25, 0.3) is 0 Å². The van der Waals surface area contributed by atoms with Gasteiger partial charge in [0.15, 0.2) is 0 Å². The predicted molar refractivity (Wildman–Crippen MR) is 71.3 cm³/mol. The first kappa shape index (κ1) is 14.7. The Hall–Kier alpha value is -0.260. The van der Waals surface area contributed by atoms with Crippen molar-refractivity contribution in [2.75, 3.05) is 0 Å². The van der Waals surface area contributed by atoms with Crippen LogP contribution in [0.15, 0.2) is 12.2 Å². The molecule has 0 saturated carbocycles. The van der Waals surface area contributed by atoms with E-state index >= 15 is 0 Å². The molecule has 15 heavy (non-hydrogen) atoms. The largest absolute Gasteiger partial charge is 0.0885 e. The van der Waals surface area contributed by atoms with E-state index in [0.717, 1.165) is 0 Å². The fraction of sp³-hybridized carbons (Fsp3) is 0.867. The molecule has 0 heteroatoms. The summed E-state index contributed by atoms with van der Waals surface area (Å²) in [5, 5.41) is 0. The zero-order valence-corrected chi connectivity index (χ0v) is 10.9. The van der Waals surface area contributed by atoms with Crippen LogP contribution in [0.5, 0.6) is 0 Å². The van der Waals surface area contributed by atoms with Gasteiger partial charge in [-0.2, -0.15) is 0 Å². The standard InChI is InChI=1S/C15H30/c1-3-5-7-9-11-13-15-14-12-10-8-6-4-2/h11,13H,3-10,12,14-15H2,1-2H3. The van der Waals surface area contributed by atoms with Crippen molar-refractivity contribution in [3.8, 4) is 0 Å². The van der Waals surface area contributed by atoms with Crippen LogP contribution in [0.2, 0.25) is 0 Å². The van der Waals surface area contributed by atoms with Gasteiger partial charge in [0, 0.05) is 0 Å². The maximum absolute atomic E-state index is 2.38. The molecule has 90 valence electrons. The third-order valence-corrected chi connectivity index (χ3v) is 2.87. The van der Waals surface area contributed by atoms with E-state index in [-0.39, 0.29) is 0 Å². The number of rotatable bonds is 11. The van der Waals surface area contributed by atoms with Gasteiger partial charge in [0.1, 0.15) is 0 Å². The van der Waals surface area contributed by atoms with E-state index in [9.17, 15) is 0 Å². The van der Waals surface area contributed by atoms with Gasteiger partial charge in [0.2, 0.25) is 0 Å². The summed E-state index contributed by atoms with van der Waals surface area (Å²) >= 11 is 0. The average molecular weight is 210 g/mol.